The minimum atomic E-state index is 0.392. The van der Waals surface area contributed by atoms with Crippen LogP contribution in [0.3, 0.4) is 0 Å². The minimum Gasteiger partial charge on any atom is -0.495 e. The first-order valence-electron chi connectivity index (χ1n) is 4.28. The van der Waals surface area contributed by atoms with E-state index in [1.165, 1.54) is 5.56 Å². The van der Waals surface area contributed by atoms with Gasteiger partial charge in [-0.3, -0.25) is 0 Å². The van der Waals surface area contributed by atoms with Crippen LogP contribution in [0.25, 0.3) is 0 Å². The number of hydrogen-bond donors (Lipinski definition) is 1. The van der Waals surface area contributed by atoms with Crippen molar-refractivity contribution in [1.82, 2.24) is 0 Å². The number of hydrogen-bond acceptors (Lipinski definition) is 2. The Morgan fingerprint density at radius 2 is 2.23 bits per heavy atom. The molecule has 0 aliphatic rings. The van der Waals surface area contributed by atoms with Gasteiger partial charge in [0.05, 0.1) is 18.8 Å². The molecule has 0 heterocycles. The Morgan fingerprint density at radius 1 is 1.46 bits per heavy atom. The summed E-state index contributed by atoms with van der Waals surface area (Å²) in [4.78, 5) is 0. The van der Waals surface area contributed by atoms with E-state index in [2.05, 4.69) is 24.4 Å². The molecule has 3 heteroatoms. The van der Waals surface area contributed by atoms with Gasteiger partial charge in [0.25, 0.3) is 0 Å². The van der Waals surface area contributed by atoms with Crippen molar-refractivity contribution in [1.29, 1.82) is 0 Å². The maximum atomic E-state index is 5.59. The van der Waals surface area contributed by atoms with Crippen LogP contribution in [0, 0.1) is 0 Å². The summed E-state index contributed by atoms with van der Waals surface area (Å²) in [7, 11) is 1.65. The van der Waals surface area contributed by atoms with E-state index in [1.807, 2.05) is 6.07 Å². The zero-order valence-corrected chi connectivity index (χ0v) is 8.69. The molecule has 0 saturated carbocycles. The van der Waals surface area contributed by atoms with Gasteiger partial charge in [-0.05, 0) is 24.1 Å². The van der Waals surface area contributed by atoms with E-state index in [4.69, 9.17) is 16.3 Å². The summed E-state index contributed by atoms with van der Waals surface area (Å²) in [6, 6.07) is 6.46. The maximum absolute atomic E-state index is 5.59. The Bertz CT molecular complexity index is 276. The lowest BCUT2D eigenvalue weighted by atomic mass is 10.1. The molecule has 72 valence electrons. The molecule has 13 heavy (non-hydrogen) atoms. The SMILES string of the molecule is CCc1ccc(OC)c(NCCl)c1. The lowest BCUT2D eigenvalue weighted by Crippen LogP contribution is -1.98. The van der Waals surface area contributed by atoms with Crippen LogP contribution in [0.1, 0.15) is 12.5 Å². The van der Waals surface area contributed by atoms with Gasteiger partial charge in [0.2, 0.25) is 0 Å². The van der Waals surface area contributed by atoms with E-state index in [0.717, 1.165) is 17.9 Å². The monoisotopic (exact) mass is 199 g/mol. The first kappa shape index (κ1) is 10.2. The highest BCUT2D eigenvalue weighted by Gasteiger charge is 2.01. The summed E-state index contributed by atoms with van der Waals surface area (Å²) >= 11 is 5.59. The molecular weight excluding hydrogens is 186 g/mol. The third-order valence-electron chi connectivity index (χ3n) is 1.93. The van der Waals surface area contributed by atoms with Gasteiger partial charge in [0.1, 0.15) is 5.75 Å². The maximum Gasteiger partial charge on any atom is 0.141 e. The van der Waals surface area contributed by atoms with Crippen LogP contribution < -0.4 is 10.1 Å². The van der Waals surface area contributed by atoms with E-state index in [9.17, 15) is 0 Å². The van der Waals surface area contributed by atoms with Crippen LogP contribution in [0.4, 0.5) is 5.69 Å². The van der Waals surface area contributed by atoms with E-state index in [0.29, 0.717) is 6.00 Å². The zero-order chi connectivity index (χ0) is 9.68. The second-order valence-corrected chi connectivity index (χ2v) is 2.97. The Labute approximate surface area is 83.9 Å². The fourth-order valence-corrected chi connectivity index (χ4v) is 1.33. The number of halogens is 1. The van der Waals surface area contributed by atoms with Crippen molar-refractivity contribution in [2.45, 2.75) is 13.3 Å². The van der Waals surface area contributed by atoms with Crippen LogP contribution in [0.2, 0.25) is 0 Å². The molecule has 0 atom stereocenters. The molecular formula is C10H14ClNO. The largest absolute Gasteiger partial charge is 0.495 e. The molecule has 0 bridgehead atoms. The second kappa shape index (κ2) is 4.97. The molecule has 1 aromatic carbocycles. The number of rotatable bonds is 4. The van der Waals surface area contributed by atoms with Gasteiger partial charge in [-0.25, -0.2) is 0 Å². The fraction of sp³-hybridized carbons (Fsp3) is 0.400. The van der Waals surface area contributed by atoms with Gasteiger partial charge in [-0.2, -0.15) is 0 Å². The molecule has 0 aromatic heterocycles. The summed E-state index contributed by atoms with van der Waals surface area (Å²) in [5.74, 6) is 0.831. The highest BCUT2D eigenvalue weighted by atomic mass is 35.5. The van der Waals surface area contributed by atoms with Gasteiger partial charge in [0.15, 0.2) is 0 Å². The van der Waals surface area contributed by atoms with Gasteiger partial charge < -0.3 is 10.1 Å². The van der Waals surface area contributed by atoms with E-state index in [1.54, 1.807) is 7.11 Å². The van der Waals surface area contributed by atoms with E-state index >= 15 is 0 Å². The number of ether oxygens (including phenoxy) is 1. The van der Waals surface area contributed by atoms with Crippen molar-refractivity contribution >= 4 is 17.3 Å². The molecule has 0 spiro atoms. The summed E-state index contributed by atoms with van der Waals surface area (Å²) < 4.78 is 5.18. The average molecular weight is 200 g/mol. The van der Waals surface area contributed by atoms with Crippen molar-refractivity contribution in [3.05, 3.63) is 23.8 Å². The molecule has 0 radical (unpaired) electrons. The van der Waals surface area contributed by atoms with Gasteiger partial charge in [0, 0.05) is 0 Å². The van der Waals surface area contributed by atoms with Crippen LogP contribution >= 0.6 is 11.6 Å². The van der Waals surface area contributed by atoms with Crippen LogP contribution in [0.15, 0.2) is 18.2 Å². The quantitative estimate of drug-likeness (QED) is 0.595. The van der Waals surface area contributed by atoms with Crippen LogP contribution in [-0.4, -0.2) is 13.1 Å². The lowest BCUT2D eigenvalue weighted by Gasteiger charge is -2.10. The normalized spacial score (nSPS) is 9.77. The molecule has 0 amide bonds. The third-order valence-corrected chi connectivity index (χ3v) is 2.06. The lowest BCUT2D eigenvalue weighted by molar-refractivity contribution is 0.416. The second-order valence-electron chi connectivity index (χ2n) is 2.70. The Morgan fingerprint density at radius 3 is 2.77 bits per heavy atom. The van der Waals surface area contributed by atoms with Gasteiger partial charge >= 0.3 is 0 Å². The number of nitrogens with one attached hydrogen (secondary N) is 1. The Balaban J connectivity index is 2.95. The number of alkyl halides is 1. The molecule has 1 aromatic rings. The van der Waals surface area contributed by atoms with Crippen molar-refractivity contribution in [3.63, 3.8) is 0 Å². The molecule has 0 saturated heterocycles. The van der Waals surface area contributed by atoms with Crippen LogP contribution in [0.5, 0.6) is 5.75 Å². The number of anilines is 1. The van der Waals surface area contributed by atoms with Crippen molar-refractivity contribution in [3.8, 4) is 5.75 Å². The number of benzene rings is 1. The summed E-state index contributed by atoms with van der Waals surface area (Å²) in [5.41, 5.74) is 2.23. The fourth-order valence-electron chi connectivity index (χ4n) is 1.19. The molecule has 0 fully saturated rings. The number of methoxy groups -OCH3 is 1. The standard InChI is InChI=1S/C10H14ClNO/c1-3-8-4-5-10(13-2)9(6-8)12-7-11/h4-6,12H,3,7H2,1-2H3. The third kappa shape index (κ3) is 2.52. The smallest absolute Gasteiger partial charge is 0.141 e. The Kier molecular flexibility index (Phi) is 3.90. The topological polar surface area (TPSA) is 21.3 Å². The molecule has 0 aliphatic carbocycles. The summed E-state index contributed by atoms with van der Waals surface area (Å²) in [5, 5.41) is 3.04. The molecule has 0 aliphatic heterocycles. The van der Waals surface area contributed by atoms with Crippen LogP contribution in [-0.2, 0) is 6.42 Å². The van der Waals surface area contributed by atoms with E-state index < -0.39 is 0 Å². The highest BCUT2D eigenvalue weighted by molar-refractivity contribution is 6.18. The van der Waals surface area contributed by atoms with Gasteiger partial charge in [-0.15, -0.1) is 11.6 Å². The van der Waals surface area contributed by atoms with Crippen molar-refractivity contribution < 1.29 is 4.74 Å². The molecule has 0 unspecified atom stereocenters. The summed E-state index contributed by atoms with van der Waals surface area (Å²) in [6.07, 6.45) is 1.01. The number of aryl methyl sites for hydroxylation is 1. The molecule has 1 N–H and O–H groups in total. The van der Waals surface area contributed by atoms with Crippen molar-refractivity contribution in [2.24, 2.45) is 0 Å². The highest BCUT2D eigenvalue weighted by Crippen LogP contribution is 2.25. The average Bonchev–Trinajstić information content (AvgIpc) is 2.18. The van der Waals surface area contributed by atoms with Gasteiger partial charge in [-0.1, -0.05) is 13.0 Å². The minimum absolute atomic E-state index is 0.392. The predicted octanol–water partition coefficient (Wildman–Crippen LogP) is 2.87. The van der Waals surface area contributed by atoms with Crippen molar-refractivity contribution in [2.75, 3.05) is 18.4 Å². The first-order chi connectivity index (χ1) is 6.31. The van der Waals surface area contributed by atoms with E-state index in [-0.39, 0.29) is 0 Å². The first-order valence-corrected chi connectivity index (χ1v) is 4.82. The zero-order valence-electron chi connectivity index (χ0n) is 7.93. The Hall–Kier alpha value is -0.890. The predicted molar refractivity (Wildman–Crippen MR) is 56.7 cm³/mol. The molecule has 2 nitrogen and oxygen atoms in total. The summed E-state index contributed by atoms with van der Waals surface area (Å²) in [6.45, 7) is 2.12. The molecule has 1 rings (SSSR count).